The lowest BCUT2D eigenvalue weighted by Gasteiger charge is -2.35. The quantitative estimate of drug-likeness (QED) is 0.273. The Bertz CT molecular complexity index is 546. The normalized spacial score (nSPS) is 25.6. The van der Waals surface area contributed by atoms with E-state index in [0.717, 1.165) is 24.0 Å². The van der Waals surface area contributed by atoms with Gasteiger partial charge >= 0.3 is 0 Å². The third-order valence-corrected chi connectivity index (χ3v) is 6.59. The molecule has 2 fully saturated rings. The smallest absolute Gasteiger partial charge is 0.174 e. The van der Waals surface area contributed by atoms with Gasteiger partial charge in [-0.2, -0.15) is 0 Å². The van der Waals surface area contributed by atoms with Gasteiger partial charge in [0.15, 0.2) is 6.29 Å². The van der Waals surface area contributed by atoms with E-state index >= 15 is 0 Å². The molecule has 0 aromatic heterocycles. The maximum atomic E-state index is 10.2. The van der Waals surface area contributed by atoms with E-state index in [-0.39, 0.29) is 11.6 Å². The Morgan fingerprint density at radius 2 is 1.74 bits per heavy atom. The van der Waals surface area contributed by atoms with Crippen molar-refractivity contribution in [3.8, 4) is 0 Å². The zero-order valence-corrected chi connectivity index (χ0v) is 21.0. The van der Waals surface area contributed by atoms with Crippen LogP contribution >= 0.6 is 0 Å². The van der Waals surface area contributed by atoms with Gasteiger partial charge in [0.25, 0.3) is 0 Å². The van der Waals surface area contributed by atoms with E-state index in [1.807, 2.05) is 26.8 Å². The third kappa shape index (κ3) is 11.0. The lowest BCUT2D eigenvalue weighted by atomic mass is 9.81. The Morgan fingerprint density at radius 1 is 1.06 bits per heavy atom. The molecular weight excluding hydrogens is 384 g/mol. The van der Waals surface area contributed by atoms with E-state index in [1.165, 1.54) is 64.2 Å². The first kappa shape index (κ1) is 26.4. The molecule has 0 spiro atoms. The molecule has 2 saturated carbocycles. The monoisotopic (exact) mass is 434 g/mol. The summed E-state index contributed by atoms with van der Waals surface area (Å²) in [7, 11) is 0. The van der Waals surface area contributed by atoms with Gasteiger partial charge in [0.05, 0.1) is 11.6 Å². The maximum absolute atomic E-state index is 10.2. The summed E-state index contributed by atoms with van der Waals surface area (Å²) in [5, 5.41) is 17.8. The molecule has 2 rings (SSSR count). The van der Waals surface area contributed by atoms with Gasteiger partial charge in [-0.25, -0.2) is 0 Å². The fourth-order valence-corrected chi connectivity index (χ4v) is 5.26. The molecule has 2 aliphatic carbocycles. The molecule has 31 heavy (non-hydrogen) atoms. The van der Waals surface area contributed by atoms with Crippen molar-refractivity contribution in [2.24, 2.45) is 11.8 Å². The van der Waals surface area contributed by atoms with Crippen molar-refractivity contribution in [3.05, 3.63) is 24.4 Å². The molecule has 0 radical (unpaired) electrons. The van der Waals surface area contributed by atoms with Crippen LogP contribution in [-0.4, -0.2) is 35.1 Å². The Labute approximate surface area is 192 Å². The van der Waals surface area contributed by atoms with E-state index in [1.54, 1.807) is 6.08 Å². The number of ether oxygens (including phenoxy) is 1. The first-order valence-electron chi connectivity index (χ1n) is 12.9. The molecule has 4 heteroatoms. The average molecular weight is 435 g/mol. The summed E-state index contributed by atoms with van der Waals surface area (Å²) in [6.07, 6.45) is 16.8. The average Bonchev–Trinajstić information content (AvgIpc) is 2.66. The van der Waals surface area contributed by atoms with Crippen molar-refractivity contribution < 1.29 is 9.84 Å². The van der Waals surface area contributed by atoms with Gasteiger partial charge in [0, 0.05) is 17.8 Å². The van der Waals surface area contributed by atoms with Crippen LogP contribution in [0, 0.1) is 11.8 Å². The van der Waals surface area contributed by atoms with Crippen LogP contribution in [0.15, 0.2) is 24.4 Å². The van der Waals surface area contributed by atoms with E-state index in [0.29, 0.717) is 12.1 Å². The highest BCUT2D eigenvalue weighted by atomic mass is 16.6. The highest BCUT2D eigenvalue weighted by molar-refractivity contribution is 5.09. The van der Waals surface area contributed by atoms with Gasteiger partial charge < -0.3 is 20.5 Å². The van der Waals surface area contributed by atoms with Crippen LogP contribution in [0.2, 0.25) is 0 Å². The van der Waals surface area contributed by atoms with Crippen molar-refractivity contribution in [3.63, 3.8) is 0 Å². The van der Waals surface area contributed by atoms with Crippen molar-refractivity contribution in [1.82, 2.24) is 10.6 Å². The van der Waals surface area contributed by atoms with Crippen molar-refractivity contribution in [2.45, 2.75) is 135 Å². The fraction of sp³-hybridized carbons (Fsp3) is 0.852. The van der Waals surface area contributed by atoms with Crippen LogP contribution in [0.4, 0.5) is 0 Å². The minimum atomic E-state index is -0.869. The minimum Gasteiger partial charge on any atom is -0.385 e. The second kappa shape index (κ2) is 13.0. The molecule has 0 amide bonds. The van der Waals surface area contributed by atoms with Gasteiger partial charge in [-0.3, -0.25) is 0 Å². The highest BCUT2D eigenvalue weighted by Crippen LogP contribution is 2.30. The van der Waals surface area contributed by atoms with Crippen molar-refractivity contribution >= 4 is 0 Å². The summed E-state index contributed by atoms with van der Waals surface area (Å²) < 4.78 is 5.61. The number of aliphatic hydroxyl groups is 1. The summed E-state index contributed by atoms with van der Waals surface area (Å²) in [5.41, 5.74) is 0.749. The molecule has 0 heterocycles. The maximum Gasteiger partial charge on any atom is 0.174 e. The Morgan fingerprint density at radius 3 is 2.39 bits per heavy atom. The molecule has 4 atom stereocenters. The zero-order valence-electron chi connectivity index (χ0n) is 21.0. The molecule has 2 aliphatic rings. The number of rotatable bonds is 11. The lowest BCUT2D eigenvalue weighted by Crippen LogP contribution is -2.45. The zero-order chi connectivity index (χ0) is 22.9. The lowest BCUT2D eigenvalue weighted by molar-refractivity contribution is -0.137. The first-order chi connectivity index (χ1) is 14.6. The standard InChI is InChI=1S/C27H50N2O2/c1-20(2)18-22-12-10-15-24(19-22)28-21(3)25(29-23-13-8-7-9-14-23)16-11-17-26(30)31-27(4,5)6/h11,17,20,22-26,28-30H,3,7-10,12-16,18-19H2,1-2,4-6H3/b17-11+. The first-order valence-corrected chi connectivity index (χ1v) is 12.9. The van der Waals surface area contributed by atoms with E-state index in [2.05, 4.69) is 31.1 Å². The Balaban J connectivity index is 1.93. The summed E-state index contributed by atoms with van der Waals surface area (Å²) in [5.74, 6) is 1.62. The predicted octanol–water partition coefficient (Wildman–Crippen LogP) is 6.07. The molecular formula is C27H50N2O2. The van der Waals surface area contributed by atoms with Crippen LogP contribution in [0.3, 0.4) is 0 Å². The summed E-state index contributed by atoms with van der Waals surface area (Å²) >= 11 is 0. The molecule has 0 aromatic rings. The van der Waals surface area contributed by atoms with Crippen LogP contribution in [-0.2, 0) is 4.74 Å². The third-order valence-electron chi connectivity index (χ3n) is 6.59. The number of nitrogens with one attached hydrogen (secondary N) is 2. The summed E-state index contributed by atoms with van der Waals surface area (Å²) in [6.45, 7) is 15.0. The minimum absolute atomic E-state index is 0.187. The van der Waals surface area contributed by atoms with Crippen LogP contribution in [0.25, 0.3) is 0 Å². The van der Waals surface area contributed by atoms with Crippen LogP contribution in [0.1, 0.15) is 105 Å². The van der Waals surface area contributed by atoms with Gasteiger partial charge in [0.1, 0.15) is 0 Å². The predicted molar refractivity (Wildman–Crippen MR) is 132 cm³/mol. The Kier molecular flexibility index (Phi) is 11.1. The molecule has 4 unspecified atom stereocenters. The topological polar surface area (TPSA) is 53.5 Å². The SMILES string of the molecule is C=C(NC1CCCC(CC(C)C)C1)C(C/C=C/C(O)OC(C)(C)C)NC1CCCCC1. The molecule has 0 bridgehead atoms. The van der Waals surface area contributed by atoms with Crippen molar-refractivity contribution in [2.75, 3.05) is 0 Å². The molecule has 0 aliphatic heterocycles. The van der Waals surface area contributed by atoms with E-state index < -0.39 is 6.29 Å². The number of aliphatic hydroxyl groups excluding tert-OH is 1. The van der Waals surface area contributed by atoms with Gasteiger partial charge in [-0.05, 0) is 77.2 Å². The molecule has 180 valence electrons. The number of hydrogen-bond donors (Lipinski definition) is 3. The summed E-state index contributed by atoms with van der Waals surface area (Å²) in [4.78, 5) is 0. The second-order valence-corrected chi connectivity index (χ2v) is 11.4. The van der Waals surface area contributed by atoms with Crippen LogP contribution in [0.5, 0.6) is 0 Å². The fourth-order valence-electron chi connectivity index (χ4n) is 5.26. The van der Waals surface area contributed by atoms with E-state index in [9.17, 15) is 5.11 Å². The largest absolute Gasteiger partial charge is 0.385 e. The Hall–Kier alpha value is -0.840. The van der Waals surface area contributed by atoms with Gasteiger partial charge in [0.2, 0.25) is 0 Å². The molecule has 0 saturated heterocycles. The van der Waals surface area contributed by atoms with Gasteiger partial charge in [-0.1, -0.05) is 58.6 Å². The molecule has 0 aromatic carbocycles. The molecule has 3 N–H and O–H groups in total. The van der Waals surface area contributed by atoms with Crippen molar-refractivity contribution in [1.29, 1.82) is 0 Å². The van der Waals surface area contributed by atoms with E-state index in [4.69, 9.17) is 4.74 Å². The van der Waals surface area contributed by atoms with Gasteiger partial charge in [-0.15, -0.1) is 0 Å². The number of hydrogen-bond acceptors (Lipinski definition) is 4. The summed E-state index contributed by atoms with van der Waals surface area (Å²) in [6, 6.07) is 1.30. The second-order valence-electron chi connectivity index (χ2n) is 11.4. The highest BCUT2D eigenvalue weighted by Gasteiger charge is 2.25. The van der Waals surface area contributed by atoms with Crippen LogP contribution < -0.4 is 10.6 Å². The molecule has 4 nitrogen and oxygen atoms in total.